The van der Waals surface area contributed by atoms with Crippen LogP contribution in [0.4, 0.5) is 5.69 Å². The third-order valence-corrected chi connectivity index (χ3v) is 8.04. The van der Waals surface area contributed by atoms with E-state index in [1.54, 1.807) is 44.2 Å². The van der Waals surface area contributed by atoms with E-state index < -0.39 is 15.4 Å². The number of aromatic nitrogens is 2. The minimum absolute atomic E-state index is 0.0599. The second kappa shape index (κ2) is 10.8. The number of hydrogen-bond donors (Lipinski definition) is 1. The molecule has 4 aromatic rings. The van der Waals surface area contributed by atoms with Crippen LogP contribution in [0.3, 0.4) is 0 Å². The van der Waals surface area contributed by atoms with Crippen molar-refractivity contribution in [1.29, 1.82) is 0 Å². The highest BCUT2D eigenvalue weighted by molar-refractivity contribution is 8.00. The Balaban J connectivity index is 1.54. The first-order valence-corrected chi connectivity index (χ1v) is 13.8. The van der Waals surface area contributed by atoms with Gasteiger partial charge in [-0.2, -0.15) is 0 Å². The van der Waals surface area contributed by atoms with Gasteiger partial charge in [0.2, 0.25) is 5.91 Å². The first-order valence-electron chi connectivity index (χ1n) is 10.8. The largest absolute Gasteiger partial charge is 0.485 e. The van der Waals surface area contributed by atoms with E-state index in [4.69, 9.17) is 20.9 Å². The molecule has 9 nitrogen and oxygen atoms in total. The number of amides is 1. The number of thioether (sulfide) groups is 1. The number of anilines is 1. The van der Waals surface area contributed by atoms with Gasteiger partial charge in [0.05, 0.1) is 27.8 Å². The fourth-order valence-corrected chi connectivity index (χ4v) is 4.99. The number of nitrogens with one attached hydrogen (secondary N) is 1. The van der Waals surface area contributed by atoms with Gasteiger partial charge >= 0.3 is 0 Å². The third-order valence-electron chi connectivity index (χ3n) is 5.05. The quantitative estimate of drug-likeness (QED) is 0.307. The van der Waals surface area contributed by atoms with Crippen molar-refractivity contribution in [3.05, 3.63) is 81.4 Å². The molecule has 1 N–H and O–H groups in total. The lowest BCUT2D eigenvalue weighted by Crippen LogP contribution is -2.17. The Morgan fingerprint density at radius 1 is 1.17 bits per heavy atom. The van der Waals surface area contributed by atoms with Crippen LogP contribution in [0.5, 0.6) is 5.75 Å². The van der Waals surface area contributed by atoms with E-state index in [0.717, 1.165) is 9.47 Å². The van der Waals surface area contributed by atoms with E-state index in [9.17, 15) is 18.0 Å². The molecule has 4 rings (SSSR count). The van der Waals surface area contributed by atoms with Crippen LogP contribution < -0.4 is 15.6 Å². The Hall–Kier alpha value is -3.28. The molecular formula is C24H22ClN3O6S2. The lowest BCUT2D eigenvalue weighted by atomic mass is 10.3. The minimum atomic E-state index is -3.52. The SMILES string of the molecule is CCS(=O)(=O)c1ccc(OCc2cc(=O)n3oc(C)cc3n2)c(NC(=O)CSc2ccc(Cl)cc2)c1. The van der Waals surface area contributed by atoms with Crippen molar-refractivity contribution in [3.63, 3.8) is 0 Å². The molecule has 0 saturated heterocycles. The number of halogens is 1. The van der Waals surface area contributed by atoms with Gasteiger partial charge in [0.25, 0.3) is 5.56 Å². The smallest absolute Gasteiger partial charge is 0.287 e. The Bertz CT molecular complexity index is 1580. The summed E-state index contributed by atoms with van der Waals surface area (Å²) in [7, 11) is -3.52. The van der Waals surface area contributed by atoms with Gasteiger partial charge in [-0.15, -0.1) is 16.3 Å². The summed E-state index contributed by atoms with van der Waals surface area (Å²) in [5.41, 5.74) is 0.490. The maximum Gasteiger partial charge on any atom is 0.287 e. The number of carbonyl (C=O) groups excluding carboxylic acids is 1. The predicted molar refractivity (Wildman–Crippen MR) is 138 cm³/mol. The average molecular weight is 548 g/mol. The van der Waals surface area contributed by atoms with Crippen LogP contribution in [0, 0.1) is 6.92 Å². The number of rotatable bonds is 9. The molecule has 0 aliphatic rings. The highest BCUT2D eigenvalue weighted by Crippen LogP contribution is 2.30. The maximum atomic E-state index is 12.7. The van der Waals surface area contributed by atoms with Gasteiger partial charge in [0, 0.05) is 22.1 Å². The van der Waals surface area contributed by atoms with Crippen molar-refractivity contribution in [2.45, 2.75) is 30.2 Å². The highest BCUT2D eigenvalue weighted by Gasteiger charge is 2.17. The summed E-state index contributed by atoms with van der Waals surface area (Å²) < 4.78 is 37.0. The van der Waals surface area contributed by atoms with Crippen LogP contribution in [-0.2, 0) is 21.2 Å². The fraction of sp³-hybridized carbons (Fsp3) is 0.208. The molecule has 0 bridgehead atoms. The van der Waals surface area contributed by atoms with Gasteiger partial charge in [-0.1, -0.05) is 18.5 Å². The van der Waals surface area contributed by atoms with Crippen LogP contribution in [0.25, 0.3) is 5.65 Å². The van der Waals surface area contributed by atoms with E-state index >= 15 is 0 Å². The number of sulfone groups is 1. The Morgan fingerprint density at radius 3 is 2.64 bits per heavy atom. The zero-order valence-corrected chi connectivity index (χ0v) is 21.7. The first kappa shape index (κ1) is 25.8. The molecule has 0 spiro atoms. The lowest BCUT2D eigenvalue weighted by Gasteiger charge is -2.14. The molecule has 0 aliphatic heterocycles. The molecule has 36 heavy (non-hydrogen) atoms. The van der Waals surface area contributed by atoms with Crippen LogP contribution in [0.2, 0.25) is 5.02 Å². The van der Waals surface area contributed by atoms with Crippen molar-refractivity contribution in [2.75, 3.05) is 16.8 Å². The summed E-state index contributed by atoms with van der Waals surface area (Å²) in [5.74, 6) is 0.413. The fourth-order valence-electron chi connectivity index (χ4n) is 3.26. The van der Waals surface area contributed by atoms with Crippen molar-refractivity contribution >= 4 is 50.4 Å². The van der Waals surface area contributed by atoms with Gasteiger partial charge in [-0.25, -0.2) is 13.4 Å². The van der Waals surface area contributed by atoms with Gasteiger partial charge in [0.1, 0.15) is 18.1 Å². The average Bonchev–Trinajstić information content (AvgIpc) is 3.23. The van der Waals surface area contributed by atoms with Crippen LogP contribution >= 0.6 is 23.4 Å². The van der Waals surface area contributed by atoms with Crippen LogP contribution in [-0.4, -0.2) is 35.4 Å². The van der Waals surface area contributed by atoms with Crippen molar-refractivity contribution in [1.82, 2.24) is 9.56 Å². The standard InChI is InChI=1S/C24H22ClN3O6S2/c1-3-36(31,32)19-8-9-21(33-13-17-11-24(30)28-22(26-17)10-15(2)34-28)20(12-19)27-23(29)14-35-18-6-4-16(25)5-7-18/h4-12H,3,13-14H2,1-2H3,(H,27,29). The second-order valence-corrected chi connectivity index (χ2v) is 11.5. The second-order valence-electron chi connectivity index (χ2n) is 7.73. The van der Waals surface area contributed by atoms with Gasteiger partial charge < -0.3 is 14.6 Å². The molecule has 0 saturated carbocycles. The zero-order chi connectivity index (χ0) is 25.9. The zero-order valence-electron chi connectivity index (χ0n) is 19.4. The van der Waals surface area contributed by atoms with E-state index in [1.165, 1.54) is 36.0 Å². The Labute approximate surface area is 216 Å². The molecular weight excluding hydrogens is 526 g/mol. The Kier molecular flexibility index (Phi) is 7.72. The molecule has 0 fully saturated rings. The number of benzene rings is 2. The summed E-state index contributed by atoms with van der Waals surface area (Å²) >= 11 is 7.20. The summed E-state index contributed by atoms with van der Waals surface area (Å²) in [6.45, 7) is 3.16. The number of aryl methyl sites for hydroxylation is 1. The summed E-state index contributed by atoms with van der Waals surface area (Å²) in [5, 5.41) is 3.33. The van der Waals surface area contributed by atoms with Crippen molar-refractivity contribution < 1.29 is 22.5 Å². The monoisotopic (exact) mass is 547 g/mol. The van der Waals surface area contributed by atoms with Crippen molar-refractivity contribution in [3.8, 4) is 5.75 Å². The minimum Gasteiger partial charge on any atom is -0.485 e. The topological polar surface area (TPSA) is 120 Å². The highest BCUT2D eigenvalue weighted by atomic mass is 35.5. The normalized spacial score (nSPS) is 11.5. The summed E-state index contributed by atoms with van der Waals surface area (Å²) in [6.07, 6.45) is 0. The molecule has 0 unspecified atom stereocenters. The van der Waals surface area contributed by atoms with E-state index in [0.29, 0.717) is 22.1 Å². The summed E-state index contributed by atoms with van der Waals surface area (Å²) in [4.78, 5) is 30.2. The molecule has 2 aromatic carbocycles. The third kappa shape index (κ3) is 6.10. The van der Waals surface area contributed by atoms with Crippen LogP contribution in [0.1, 0.15) is 18.4 Å². The molecule has 2 heterocycles. The Morgan fingerprint density at radius 2 is 1.92 bits per heavy atom. The van der Waals surface area contributed by atoms with Gasteiger partial charge in [-0.3, -0.25) is 9.59 Å². The number of nitrogens with zero attached hydrogens (tertiary/aromatic N) is 2. The number of ether oxygens (including phenoxy) is 1. The molecule has 0 atom stereocenters. The molecule has 12 heteroatoms. The molecule has 0 aliphatic carbocycles. The molecule has 1 amide bonds. The number of hydrogen-bond acceptors (Lipinski definition) is 8. The number of fused-ring (bicyclic) bond motifs is 1. The van der Waals surface area contributed by atoms with Gasteiger partial charge in [0.15, 0.2) is 15.5 Å². The lowest BCUT2D eigenvalue weighted by molar-refractivity contribution is -0.113. The van der Waals surface area contributed by atoms with E-state index in [-0.39, 0.29) is 40.4 Å². The van der Waals surface area contributed by atoms with E-state index in [1.807, 2.05) is 0 Å². The predicted octanol–water partition coefficient (Wildman–Crippen LogP) is 4.35. The molecule has 2 aromatic heterocycles. The molecule has 0 radical (unpaired) electrons. The summed E-state index contributed by atoms with van der Waals surface area (Å²) in [6, 6.07) is 14.2. The van der Waals surface area contributed by atoms with Crippen molar-refractivity contribution in [2.24, 2.45) is 0 Å². The van der Waals surface area contributed by atoms with E-state index in [2.05, 4.69) is 10.3 Å². The van der Waals surface area contributed by atoms with Gasteiger partial charge in [-0.05, 0) is 49.4 Å². The number of carbonyl (C=O) groups is 1. The van der Waals surface area contributed by atoms with Crippen LogP contribution in [0.15, 0.2) is 73.7 Å². The first-order chi connectivity index (χ1) is 17.1. The molecule has 188 valence electrons. The maximum absolute atomic E-state index is 12.7.